The SMILES string of the molecule is COC(=O)N[C@H](C(=O)N[C@@H](Cc1ccc(-c2ccncc2)cc1)[C@@H](O)CN(Cc1ccccc1F)NC(=O)O[C@H]1CO[C@H]2OCC[C@H]21)C(C)(C)C. The summed E-state index contributed by atoms with van der Waals surface area (Å²) in [6.45, 7) is 5.70. The number of ether oxygens (including phenoxy) is 4. The number of aromatic nitrogens is 1. The molecule has 0 radical (unpaired) electrons. The molecule has 3 heterocycles. The van der Waals surface area contributed by atoms with Crippen molar-refractivity contribution in [2.75, 3.05) is 26.9 Å². The van der Waals surface area contributed by atoms with Gasteiger partial charge in [0.05, 0.1) is 38.4 Å². The Labute approximate surface area is 296 Å². The van der Waals surface area contributed by atoms with Gasteiger partial charge in [0.2, 0.25) is 5.91 Å². The molecule has 13 nitrogen and oxygen atoms in total. The number of halogens is 1. The maximum absolute atomic E-state index is 14.8. The quantitative estimate of drug-likeness (QED) is 0.192. The summed E-state index contributed by atoms with van der Waals surface area (Å²) in [6, 6.07) is 15.6. The number of nitrogens with one attached hydrogen (secondary N) is 3. The van der Waals surface area contributed by atoms with E-state index in [0.29, 0.717) is 13.0 Å². The second-order valence-corrected chi connectivity index (χ2v) is 13.8. The van der Waals surface area contributed by atoms with Crippen LogP contribution in [0, 0.1) is 17.2 Å². The third-order valence-corrected chi connectivity index (χ3v) is 9.01. The fraction of sp³-hybridized carbons (Fsp3) is 0.459. The van der Waals surface area contributed by atoms with Gasteiger partial charge in [0.15, 0.2) is 6.29 Å². The molecule has 2 aliphatic rings. The van der Waals surface area contributed by atoms with Crippen molar-refractivity contribution in [1.29, 1.82) is 0 Å². The number of methoxy groups -OCH3 is 1. The average Bonchev–Trinajstić information content (AvgIpc) is 3.73. The minimum absolute atomic E-state index is 0.0970. The predicted octanol–water partition coefficient (Wildman–Crippen LogP) is 3.95. The first kappa shape index (κ1) is 37.6. The largest absolute Gasteiger partial charge is 0.453 e. The molecule has 14 heteroatoms. The molecular formula is C37H46FN5O8. The fourth-order valence-corrected chi connectivity index (χ4v) is 6.21. The van der Waals surface area contributed by atoms with Crippen molar-refractivity contribution in [2.24, 2.45) is 11.3 Å². The van der Waals surface area contributed by atoms with E-state index in [1.807, 2.05) is 36.4 Å². The molecule has 2 aromatic carbocycles. The molecule has 2 aliphatic heterocycles. The van der Waals surface area contributed by atoms with Crippen LogP contribution >= 0.6 is 0 Å². The number of hydrazine groups is 1. The zero-order chi connectivity index (χ0) is 36.5. The van der Waals surface area contributed by atoms with Gasteiger partial charge in [-0.1, -0.05) is 63.2 Å². The van der Waals surface area contributed by atoms with Crippen LogP contribution in [0.2, 0.25) is 0 Å². The lowest BCUT2D eigenvalue weighted by molar-refractivity contribution is -0.127. The number of hydrogen-bond acceptors (Lipinski definition) is 10. The molecular weight excluding hydrogens is 661 g/mol. The van der Waals surface area contributed by atoms with Gasteiger partial charge in [-0.25, -0.2) is 19.0 Å². The summed E-state index contributed by atoms with van der Waals surface area (Å²) >= 11 is 0. The number of nitrogens with zero attached hydrogens (tertiary/aromatic N) is 2. The van der Waals surface area contributed by atoms with E-state index in [2.05, 4.69) is 21.0 Å². The second-order valence-electron chi connectivity index (χ2n) is 13.8. The topological polar surface area (TPSA) is 161 Å². The Kier molecular flexibility index (Phi) is 12.6. The van der Waals surface area contributed by atoms with E-state index in [1.54, 1.807) is 51.4 Å². The average molecular weight is 708 g/mol. The molecule has 51 heavy (non-hydrogen) atoms. The summed E-state index contributed by atoms with van der Waals surface area (Å²) in [5.41, 5.74) is 4.94. The molecule has 274 valence electrons. The molecule has 0 saturated carbocycles. The number of benzene rings is 2. The summed E-state index contributed by atoms with van der Waals surface area (Å²) in [5, 5.41) is 18.7. The highest BCUT2D eigenvalue weighted by molar-refractivity contribution is 5.86. The fourth-order valence-electron chi connectivity index (χ4n) is 6.21. The lowest BCUT2D eigenvalue weighted by Gasteiger charge is -2.34. The van der Waals surface area contributed by atoms with Gasteiger partial charge < -0.3 is 34.7 Å². The van der Waals surface area contributed by atoms with Crippen LogP contribution in [0.3, 0.4) is 0 Å². The molecule has 3 aromatic rings. The van der Waals surface area contributed by atoms with Crippen molar-refractivity contribution in [3.63, 3.8) is 0 Å². The Morgan fingerprint density at radius 2 is 1.71 bits per heavy atom. The maximum atomic E-state index is 14.8. The van der Waals surface area contributed by atoms with Crippen LogP contribution in [0.5, 0.6) is 0 Å². The van der Waals surface area contributed by atoms with Crippen molar-refractivity contribution in [3.8, 4) is 11.1 Å². The zero-order valence-corrected chi connectivity index (χ0v) is 29.2. The van der Waals surface area contributed by atoms with E-state index in [-0.39, 0.29) is 37.6 Å². The number of carbonyl (C=O) groups is 3. The minimum Gasteiger partial charge on any atom is -0.453 e. The second kappa shape index (κ2) is 17.1. The Bertz CT molecular complexity index is 1620. The molecule has 0 bridgehead atoms. The zero-order valence-electron chi connectivity index (χ0n) is 29.2. The van der Waals surface area contributed by atoms with Crippen molar-refractivity contribution in [3.05, 3.63) is 90.0 Å². The van der Waals surface area contributed by atoms with Gasteiger partial charge in [-0.15, -0.1) is 0 Å². The first-order chi connectivity index (χ1) is 24.4. The minimum atomic E-state index is -1.30. The molecule has 0 aliphatic carbocycles. The molecule has 4 N–H and O–H groups in total. The molecule has 2 fully saturated rings. The highest BCUT2D eigenvalue weighted by atomic mass is 19.1. The van der Waals surface area contributed by atoms with Crippen molar-refractivity contribution in [2.45, 2.75) is 70.7 Å². The van der Waals surface area contributed by atoms with Crippen molar-refractivity contribution < 1.29 is 42.8 Å². The molecule has 1 aromatic heterocycles. The van der Waals surface area contributed by atoms with Crippen LogP contribution < -0.4 is 16.1 Å². The van der Waals surface area contributed by atoms with Gasteiger partial charge in [-0.3, -0.25) is 15.2 Å². The smallest absolute Gasteiger partial charge is 0.422 e. The van der Waals surface area contributed by atoms with E-state index in [4.69, 9.17) is 18.9 Å². The van der Waals surface area contributed by atoms with E-state index < -0.39 is 59.9 Å². The Balaban J connectivity index is 1.37. The summed E-state index contributed by atoms with van der Waals surface area (Å²) in [5.74, 6) is -1.14. The molecule has 2 saturated heterocycles. The van der Waals surface area contributed by atoms with Gasteiger partial charge in [0, 0.05) is 31.0 Å². The Morgan fingerprint density at radius 3 is 2.39 bits per heavy atom. The van der Waals surface area contributed by atoms with Gasteiger partial charge in [-0.05, 0) is 53.1 Å². The van der Waals surface area contributed by atoms with Gasteiger partial charge in [-0.2, -0.15) is 0 Å². The molecule has 0 unspecified atom stereocenters. The number of amides is 3. The Morgan fingerprint density at radius 1 is 1.00 bits per heavy atom. The number of alkyl carbamates (subject to hydrolysis) is 1. The third-order valence-electron chi connectivity index (χ3n) is 9.01. The maximum Gasteiger partial charge on any atom is 0.422 e. The molecule has 5 rings (SSSR count). The number of aliphatic hydroxyl groups is 1. The number of fused-ring (bicyclic) bond motifs is 1. The summed E-state index contributed by atoms with van der Waals surface area (Å²) < 4.78 is 36.4. The van der Waals surface area contributed by atoms with Crippen LogP contribution in [-0.4, -0.2) is 90.6 Å². The first-order valence-corrected chi connectivity index (χ1v) is 16.9. The van der Waals surface area contributed by atoms with Crippen LogP contribution in [0.1, 0.15) is 38.3 Å². The highest BCUT2D eigenvalue weighted by Crippen LogP contribution is 2.33. The first-order valence-electron chi connectivity index (χ1n) is 16.9. The number of carbonyl (C=O) groups excluding carboxylic acids is 3. The van der Waals surface area contributed by atoms with E-state index >= 15 is 0 Å². The third kappa shape index (κ3) is 10.2. The number of rotatable bonds is 13. The van der Waals surface area contributed by atoms with Crippen LogP contribution in [0.15, 0.2) is 73.1 Å². The Hall–Kier alpha value is -4.63. The van der Waals surface area contributed by atoms with E-state index in [0.717, 1.165) is 16.7 Å². The number of pyridine rings is 1. The van der Waals surface area contributed by atoms with Gasteiger partial charge in [0.25, 0.3) is 0 Å². The van der Waals surface area contributed by atoms with E-state index in [9.17, 15) is 23.9 Å². The van der Waals surface area contributed by atoms with Gasteiger partial charge in [0.1, 0.15) is 18.0 Å². The summed E-state index contributed by atoms with van der Waals surface area (Å²) in [7, 11) is 1.21. The lowest BCUT2D eigenvalue weighted by Crippen LogP contribution is -2.59. The highest BCUT2D eigenvalue weighted by Gasteiger charge is 2.44. The number of hydrogen-bond donors (Lipinski definition) is 4. The van der Waals surface area contributed by atoms with E-state index in [1.165, 1.54) is 18.2 Å². The van der Waals surface area contributed by atoms with Crippen molar-refractivity contribution >= 4 is 18.1 Å². The molecule has 0 spiro atoms. The normalized spacial score (nSPS) is 20.2. The van der Waals surface area contributed by atoms with Crippen LogP contribution in [0.25, 0.3) is 11.1 Å². The summed E-state index contributed by atoms with van der Waals surface area (Å²) in [4.78, 5) is 43.3. The monoisotopic (exact) mass is 707 g/mol. The lowest BCUT2D eigenvalue weighted by atomic mass is 9.85. The molecule has 3 amide bonds. The number of aliphatic hydroxyl groups excluding tert-OH is 1. The molecule has 6 atom stereocenters. The van der Waals surface area contributed by atoms with Gasteiger partial charge >= 0.3 is 12.2 Å². The summed E-state index contributed by atoms with van der Waals surface area (Å²) in [6.07, 6.45) is 0.434. The predicted molar refractivity (Wildman–Crippen MR) is 184 cm³/mol. The van der Waals surface area contributed by atoms with Crippen LogP contribution in [0.4, 0.5) is 14.0 Å². The van der Waals surface area contributed by atoms with Crippen molar-refractivity contribution in [1.82, 2.24) is 26.1 Å². The standard InChI is InChI=1S/C37H46FN5O8/c1-37(2,3)32(41-35(46)48-4)33(45)40-29(19-23-9-11-24(12-10-23)25-13-16-39-17-14-25)30(44)21-43(20-26-7-5-6-8-28(26)38)42-36(47)51-31-22-50-34-27(31)15-18-49-34/h5-14,16-17,27,29-32,34,44H,15,18-22H2,1-4H3,(H,40,45)(H,41,46)(H,42,47)/t27-,29-,30-,31-,32+,34+/m0/s1. The van der Waals surface area contributed by atoms with Crippen LogP contribution in [-0.2, 0) is 36.7 Å².